The van der Waals surface area contributed by atoms with Gasteiger partial charge in [-0.25, -0.2) is 4.98 Å². The molecule has 4 nitrogen and oxygen atoms in total. The number of aromatic nitrogens is 1. The minimum atomic E-state index is -0.724. The molecule has 2 aliphatic carbocycles. The topological polar surface area (TPSA) is 51.6 Å². The monoisotopic (exact) mass is 267 g/mol. The Morgan fingerprint density at radius 1 is 1.20 bits per heavy atom. The summed E-state index contributed by atoms with van der Waals surface area (Å²) in [4.78, 5) is 3.98. The number of pyridine rings is 1. The second kappa shape index (κ2) is 4.16. The summed E-state index contributed by atoms with van der Waals surface area (Å²) >= 11 is 0. The molecule has 0 unspecified atom stereocenters. The Bertz CT molecular complexity index is 780. The van der Waals surface area contributed by atoms with Crippen LogP contribution in [0.3, 0.4) is 0 Å². The largest absolute Gasteiger partial charge is 0.493 e. The van der Waals surface area contributed by atoms with E-state index in [9.17, 15) is 5.11 Å². The Morgan fingerprint density at radius 2 is 2.05 bits per heavy atom. The molecule has 0 amide bonds. The highest BCUT2D eigenvalue weighted by atomic mass is 16.7. The first-order chi connectivity index (χ1) is 9.76. The normalized spacial score (nSPS) is 22.0. The Labute approximate surface area is 115 Å². The highest BCUT2D eigenvalue weighted by Gasteiger charge is 2.34. The third-order valence-electron chi connectivity index (χ3n) is 3.65. The fourth-order valence-electron chi connectivity index (χ4n) is 2.72. The summed E-state index contributed by atoms with van der Waals surface area (Å²) in [6, 6.07) is 1.66. The predicted molar refractivity (Wildman–Crippen MR) is 74.0 cm³/mol. The molecule has 0 radical (unpaired) electrons. The summed E-state index contributed by atoms with van der Waals surface area (Å²) in [5.74, 6) is -0.696. The molecule has 1 aliphatic heterocycles. The van der Waals surface area contributed by atoms with Crippen molar-refractivity contribution < 1.29 is 14.6 Å². The van der Waals surface area contributed by atoms with Gasteiger partial charge in [0.15, 0.2) is 0 Å². The van der Waals surface area contributed by atoms with Crippen LogP contribution in [0.5, 0.6) is 5.88 Å². The molecule has 1 saturated heterocycles. The number of ether oxygens (including phenoxy) is 2. The predicted octanol–water partition coefficient (Wildman–Crippen LogP) is 0.527. The van der Waals surface area contributed by atoms with Crippen LogP contribution in [0.15, 0.2) is 48.2 Å². The number of hydrogen-bond donors (Lipinski definition) is 1. The van der Waals surface area contributed by atoms with Crippen LogP contribution in [0.4, 0.5) is 0 Å². The van der Waals surface area contributed by atoms with E-state index in [2.05, 4.69) is 4.98 Å². The average molecular weight is 267 g/mol. The quantitative estimate of drug-likeness (QED) is 0.745. The molecule has 3 aliphatic rings. The van der Waals surface area contributed by atoms with E-state index < -0.39 is 5.79 Å². The summed E-state index contributed by atoms with van der Waals surface area (Å²) < 4.78 is 11.4. The van der Waals surface area contributed by atoms with E-state index in [1.807, 2.05) is 36.5 Å². The van der Waals surface area contributed by atoms with Crippen molar-refractivity contribution in [2.45, 2.75) is 5.79 Å². The first-order valence-corrected chi connectivity index (χ1v) is 6.54. The van der Waals surface area contributed by atoms with Gasteiger partial charge in [-0.1, -0.05) is 24.3 Å². The number of rotatable bonds is 0. The van der Waals surface area contributed by atoms with Gasteiger partial charge in [-0.2, -0.15) is 0 Å². The molecule has 2 heterocycles. The lowest BCUT2D eigenvalue weighted by molar-refractivity contribution is -0.0750. The molecule has 1 N–H and O–H groups in total. The molecule has 4 rings (SSSR count). The lowest BCUT2D eigenvalue weighted by Crippen LogP contribution is -2.31. The van der Waals surface area contributed by atoms with Crippen molar-refractivity contribution in [1.29, 1.82) is 0 Å². The summed E-state index contributed by atoms with van der Waals surface area (Å²) in [7, 11) is 0. The minimum Gasteiger partial charge on any atom is -0.493 e. The highest BCUT2D eigenvalue weighted by Crippen LogP contribution is 2.32. The number of aromatic hydroxyl groups is 1. The van der Waals surface area contributed by atoms with Crippen molar-refractivity contribution in [3.05, 3.63) is 58.7 Å². The van der Waals surface area contributed by atoms with Gasteiger partial charge in [0.05, 0.1) is 13.2 Å². The zero-order chi connectivity index (χ0) is 13.6. The molecule has 0 atom stereocenters. The Balaban J connectivity index is 1.97. The van der Waals surface area contributed by atoms with E-state index >= 15 is 0 Å². The lowest BCUT2D eigenvalue weighted by atomic mass is 9.95. The molecular weight excluding hydrogens is 254 g/mol. The van der Waals surface area contributed by atoms with Gasteiger partial charge in [-0.15, -0.1) is 0 Å². The summed E-state index contributed by atoms with van der Waals surface area (Å²) in [5, 5.41) is 11.4. The second-order valence-electron chi connectivity index (χ2n) is 4.92. The van der Waals surface area contributed by atoms with Gasteiger partial charge < -0.3 is 14.6 Å². The standard InChI is InChI=1S/C16H13NO3/c18-15-8-11-2-1-3-12-9-16(19-6-7-20-16)5-4-13(12)14(11)10-17-15/h1-5,8-10,18H,6-7H2. The van der Waals surface area contributed by atoms with Crippen molar-refractivity contribution in [2.24, 2.45) is 0 Å². The van der Waals surface area contributed by atoms with Crippen molar-refractivity contribution >= 4 is 11.6 Å². The van der Waals surface area contributed by atoms with Crippen LogP contribution in [0.25, 0.3) is 11.6 Å². The van der Waals surface area contributed by atoms with Gasteiger partial charge >= 0.3 is 0 Å². The smallest absolute Gasteiger partial charge is 0.211 e. The van der Waals surface area contributed by atoms with Crippen LogP contribution >= 0.6 is 0 Å². The van der Waals surface area contributed by atoms with Crippen LogP contribution in [0, 0.1) is 0 Å². The van der Waals surface area contributed by atoms with Crippen LogP contribution in [-0.4, -0.2) is 29.1 Å². The van der Waals surface area contributed by atoms with E-state index in [1.165, 1.54) is 0 Å². The van der Waals surface area contributed by atoms with Gasteiger partial charge in [0, 0.05) is 17.5 Å². The maximum Gasteiger partial charge on any atom is 0.211 e. The maximum atomic E-state index is 9.51. The fourth-order valence-corrected chi connectivity index (χ4v) is 2.72. The molecule has 100 valence electrons. The van der Waals surface area contributed by atoms with Crippen molar-refractivity contribution in [2.75, 3.05) is 13.2 Å². The van der Waals surface area contributed by atoms with Gasteiger partial charge in [0.1, 0.15) is 0 Å². The first-order valence-electron chi connectivity index (χ1n) is 6.54. The third kappa shape index (κ3) is 1.73. The van der Waals surface area contributed by atoms with Gasteiger partial charge in [0.25, 0.3) is 0 Å². The summed E-state index contributed by atoms with van der Waals surface area (Å²) in [6.45, 7) is 1.20. The molecule has 0 bridgehead atoms. The summed E-state index contributed by atoms with van der Waals surface area (Å²) in [5.41, 5.74) is 2.10. The zero-order valence-corrected chi connectivity index (χ0v) is 10.7. The molecule has 1 spiro atoms. The SMILES string of the molecule is Oc1cc2c(cn1)=C1C=CC3(C=C1C=CC=2)OCCO3. The van der Waals surface area contributed by atoms with Crippen LogP contribution in [-0.2, 0) is 9.47 Å². The van der Waals surface area contributed by atoms with Crippen molar-refractivity contribution in [3.63, 3.8) is 0 Å². The van der Waals surface area contributed by atoms with Gasteiger partial charge in [-0.05, 0) is 28.5 Å². The Kier molecular flexibility index (Phi) is 2.42. The van der Waals surface area contributed by atoms with E-state index in [0.717, 1.165) is 21.6 Å². The van der Waals surface area contributed by atoms with Crippen LogP contribution in [0.2, 0.25) is 0 Å². The van der Waals surface area contributed by atoms with E-state index in [-0.39, 0.29) is 5.88 Å². The number of allylic oxidation sites excluding steroid dienone is 4. The zero-order valence-electron chi connectivity index (χ0n) is 10.7. The number of fused-ring (bicyclic) bond motifs is 2. The molecule has 20 heavy (non-hydrogen) atoms. The second-order valence-corrected chi connectivity index (χ2v) is 4.92. The summed E-state index contributed by atoms with van der Waals surface area (Å²) in [6.07, 6.45) is 13.5. The minimum absolute atomic E-state index is 0.0279. The first kappa shape index (κ1) is 11.6. The lowest BCUT2D eigenvalue weighted by Gasteiger charge is -2.24. The molecular formula is C16H13NO3. The molecule has 1 aromatic rings. The fraction of sp³-hybridized carbons (Fsp3) is 0.188. The van der Waals surface area contributed by atoms with E-state index in [0.29, 0.717) is 13.2 Å². The highest BCUT2D eigenvalue weighted by molar-refractivity contribution is 5.80. The maximum absolute atomic E-state index is 9.51. The third-order valence-corrected chi connectivity index (χ3v) is 3.65. The number of hydrogen-bond acceptors (Lipinski definition) is 4. The number of nitrogens with zero attached hydrogens (tertiary/aromatic N) is 1. The Morgan fingerprint density at radius 3 is 2.90 bits per heavy atom. The van der Waals surface area contributed by atoms with Gasteiger partial charge in [-0.3, -0.25) is 0 Å². The molecule has 1 aromatic heterocycles. The van der Waals surface area contributed by atoms with Crippen LogP contribution < -0.4 is 10.4 Å². The van der Waals surface area contributed by atoms with E-state index in [4.69, 9.17) is 9.47 Å². The molecule has 0 saturated carbocycles. The average Bonchev–Trinajstić information content (AvgIpc) is 2.80. The van der Waals surface area contributed by atoms with Crippen molar-refractivity contribution in [3.8, 4) is 5.88 Å². The molecule has 1 fully saturated rings. The molecule has 0 aromatic carbocycles. The van der Waals surface area contributed by atoms with Gasteiger partial charge in [0.2, 0.25) is 11.7 Å². The molecule has 4 heteroatoms. The Hall–Kier alpha value is -2.17. The van der Waals surface area contributed by atoms with Crippen LogP contribution in [0.1, 0.15) is 0 Å². The van der Waals surface area contributed by atoms with Crippen molar-refractivity contribution in [1.82, 2.24) is 4.98 Å². The van der Waals surface area contributed by atoms with E-state index in [1.54, 1.807) is 12.3 Å².